The molecule has 2 amide bonds. The number of carbonyl (C=O) groups is 2. The van der Waals surface area contributed by atoms with Crippen LogP contribution in [-0.4, -0.2) is 38.1 Å². The first-order valence-corrected chi connectivity index (χ1v) is 10.1. The summed E-state index contributed by atoms with van der Waals surface area (Å²) in [6.45, 7) is 7.45. The predicted octanol–water partition coefficient (Wildman–Crippen LogP) is 1.78. The Morgan fingerprint density at radius 1 is 1.11 bits per heavy atom. The van der Waals surface area contributed by atoms with E-state index in [1.54, 1.807) is 0 Å². The quantitative estimate of drug-likeness (QED) is 0.827. The van der Waals surface area contributed by atoms with Crippen LogP contribution in [0.25, 0.3) is 0 Å². The van der Waals surface area contributed by atoms with E-state index in [0.717, 1.165) is 62.4 Å². The van der Waals surface area contributed by atoms with Crippen LogP contribution in [0, 0.1) is 25.7 Å². The van der Waals surface area contributed by atoms with E-state index < -0.39 is 0 Å². The number of carbonyl (C=O) groups excluding carboxylic acids is 2. The molecule has 2 atom stereocenters. The fourth-order valence-electron chi connectivity index (χ4n) is 4.91. The molecule has 0 aromatic heterocycles. The van der Waals surface area contributed by atoms with Crippen molar-refractivity contribution in [1.82, 2.24) is 0 Å². The SMILES string of the molecule is Cc1ccc(N2C(=O)C[C@@H]([C@H]3CCCC=C3[NH+]3CCOCC3)C2=O)c(C)c1. The van der Waals surface area contributed by atoms with Gasteiger partial charge in [-0.25, -0.2) is 0 Å². The maximum absolute atomic E-state index is 13.3. The normalized spacial score (nSPS) is 27.2. The maximum atomic E-state index is 13.3. The molecule has 2 fully saturated rings. The summed E-state index contributed by atoms with van der Waals surface area (Å²) in [6, 6.07) is 5.92. The number of imide groups is 1. The van der Waals surface area contributed by atoms with Crippen LogP contribution >= 0.6 is 0 Å². The van der Waals surface area contributed by atoms with Gasteiger partial charge in [0.05, 0.1) is 24.8 Å². The zero-order valence-electron chi connectivity index (χ0n) is 16.3. The molecule has 1 N–H and O–H groups in total. The third-order valence-corrected chi connectivity index (χ3v) is 6.25. The van der Waals surface area contributed by atoms with E-state index in [1.807, 2.05) is 32.0 Å². The molecule has 2 heterocycles. The number of allylic oxidation sites excluding steroid dienone is 2. The van der Waals surface area contributed by atoms with E-state index in [2.05, 4.69) is 6.08 Å². The number of amides is 2. The van der Waals surface area contributed by atoms with Crippen LogP contribution in [0.1, 0.15) is 36.8 Å². The number of benzene rings is 1. The van der Waals surface area contributed by atoms with Crippen LogP contribution in [-0.2, 0) is 14.3 Å². The second-order valence-corrected chi connectivity index (χ2v) is 8.08. The molecule has 144 valence electrons. The monoisotopic (exact) mass is 369 g/mol. The number of anilines is 1. The van der Waals surface area contributed by atoms with E-state index in [-0.39, 0.29) is 23.7 Å². The Hall–Kier alpha value is -1.98. The Bertz CT molecular complexity index is 780. The molecule has 5 heteroatoms. The van der Waals surface area contributed by atoms with Crippen LogP contribution in [0.15, 0.2) is 30.0 Å². The molecule has 0 unspecified atom stereocenters. The zero-order chi connectivity index (χ0) is 19.0. The molecular weight excluding hydrogens is 340 g/mol. The summed E-state index contributed by atoms with van der Waals surface area (Å²) in [5.41, 5.74) is 4.22. The summed E-state index contributed by atoms with van der Waals surface area (Å²) in [4.78, 5) is 29.0. The number of aryl methyl sites for hydroxylation is 2. The second-order valence-electron chi connectivity index (χ2n) is 8.08. The van der Waals surface area contributed by atoms with Gasteiger partial charge in [-0.05, 0) is 50.8 Å². The molecule has 4 rings (SSSR count). The van der Waals surface area contributed by atoms with Crippen molar-refractivity contribution in [2.45, 2.75) is 39.5 Å². The van der Waals surface area contributed by atoms with Crippen LogP contribution in [0.3, 0.4) is 0 Å². The largest absolute Gasteiger partial charge is 0.370 e. The molecule has 1 aliphatic carbocycles. The lowest BCUT2D eigenvalue weighted by molar-refractivity contribution is -0.874. The lowest BCUT2D eigenvalue weighted by Gasteiger charge is -2.34. The highest BCUT2D eigenvalue weighted by Crippen LogP contribution is 2.38. The van der Waals surface area contributed by atoms with Crippen molar-refractivity contribution in [2.75, 3.05) is 31.2 Å². The molecule has 3 aliphatic rings. The van der Waals surface area contributed by atoms with Crippen molar-refractivity contribution in [3.05, 3.63) is 41.1 Å². The first-order valence-electron chi connectivity index (χ1n) is 10.1. The summed E-state index contributed by atoms with van der Waals surface area (Å²) < 4.78 is 5.51. The van der Waals surface area contributed by atoms with E-state index in [9.17, 15) is 9.59 Å². The zero-order valence-corrected chi connectivity index (χ0v) is 16.3. The Kier molecular flexibility index (Phi) is 5.15. The van der Waals surface area contributed by atoms with Gasteiger partial charge >= 0.3 is 0 Å². The Morgan fingerprint density at radius 3 is 2.63 bits per heavy atom. The molecule has 0 radical (unpaired) electrons. The number of nitrogens with one attached hydrogen (secondary N) is 1. The number of rotatable bonds is 3. The average molecular weight is 369 g/mol. The van der Waals surface area contributed by atoms with Gasteiger partial charge in [0.2, 0.25) is 11.8 Å². The molecule has 5 nitrogen and oxygen atoms in total. The van der Waals surface area contributed by atoms with Crippen LogP contribution in [0.5, 0.6) is 0 Å². The highest BCUT2D eigenvalue weighted by Gasteiger charge is 2.47. The van der Waals surface area contributed by atoms with Gasteiger partial charge in [0.1, 0.15) is 18.8 Å². The van der Waals surface area contributed by atoms with E-state index in [4.69, 9.17) is 4.74 Å². The molecular formula is C22H29N2O3+. The summed E-state index contributed by atoms with van der Waals surface area (Å²) in [7, 11) is 0. The molecule has 0 bridgehead atoms. The fraction of sp³-hybridized carbons (Fsp3) is 0.545. The predicted molar refractivity (Wildman–Crippen MR) is 103 cm³/mol. The van der Waals surface area contributed by atoms with Gasteiger partial charge in [-0.3, -0.25) is 14.5 Å². The van der Waals surface area contributed by atoms with Crippen molar-refractivity contribution in [2.24, 2.45) is 11.8 Å². The molecule has 2 aliphatic heterocycles. The van der Waals surface area contributed by atoms with Crippen molar-refractivity contribution < 1.29 is 19.2 Å². The topological polar surface area (TPSA) is 51.1 Å². The Morgan fingerprint density at radius 2 is 1.89 bits per heavy atom. The van der Waals surface area contributed by atoms with Gasteiger partial charge < -0.3 is 9.64 Å². The Balaban J connectivity index is 1.60. The van der Waals surface area contributed by atoms with Crippen LogP contribution in [0.2, 0.25) is 0 Å². The number of nitrogens with zero attached hydrogens (tertiary/aromatic N) is 1. The molecule has 27 heavy (non-hydrogen) atoms. The maximum Gasteiger partial charge on any atom is 0.238 e. The van der Waals surface area contributed by atoms with Crippen LogP contribution in [0.4, 0.5) is 5.69 Å². The standard InChI is InChI=1S/C22H28N2O3/c1-15-7-8-19(16(2)13-15)24-21(25)14-18(22(24)26)17-5-3-4-6-20(17)23-9-11-27-12-10-23/h6-8,13,17-18H,3-5,9-12,14H2,1-2H3/p+1/t17-,18+/m1/s1. The lowest BCUT2D eigenvalue weighted by Crippen LogP contribution is -3.13. The molecule has 2 saturated heterocycles. The fourth-order valence-corrected chi connectivity index (χ4v) is 4.91. The van der Waals surface area contributed by atoms with Gasteiger partial charge in [0, 0.05) is 12.3 Å². The van der Waals surface area contributed by atoms with Gasteiger partial charge in [0.25, 0.3) is 0 Å². The van der Waals surface area contributed by atoms with Crippen molar-refractivity contribution in [3.63, 3.8) is 0 Å². The minimum Gasteiger partial charge on any atom is -0.370 e. The lowest BCUT2D eigenvalue weighted by atomic mass is 9.80. The molecule has 1 aromatic carbocycles. The van der Waals surface area contributed by atoms with Gasteiger partial charge in [-0.2, -0.15) is 0 Å². The van der Waals surface area contributed by atoms with Crippen molar-refractivity contribution in [1.29, 1.82) is 0 Å². The van der Waals surface area contributed by atoms with E-state index in [1.165, 1.54) is 15.5 Å². The highest BCUT2D eigenvalue weighted by molar-refractivity contribution is 6.21. The van der Waals surface area contributed by atoms with Gasteiger partial charge in [-0.1, -0.05) is 17.7 Å². The molecule has 0 spiro atoms. The van der Waals surface area contributed by atoms with Crippen molar-refractivity contribution in [3.8, 4) is 0 Å². The number of quaternary nitrogens is 1. The average Bonchev–Trinajstić information content (AvgIpc) is 2.97. The molecule has 0 saturated carbocycles. The number of hydrogen-bond acceptors (Lipinski definition) is 3. The Labute approximate surface area is 161 Å². The summed E-state index contributed by atoms with van der Waals surface area (Å²) in [5.74, 6) is -0.115. The third-order valence-electron chi connectivity index (χ3n) is 6.25. The van der Waals surface area contributed by atoms with Gasteiger partial charge in [0.15, 0.2) is 0 Å². The van der Waals surface area contributed by atoms with E-state index in [0.29, 0.717) is 6.42 Å². The third kappa shape index (κ3) is 3.46. The summed E-state index contributed by atoms with van der Waals surface area (Å²) in [6.07, 6.45) is 5.83. The smallest absolute Gasteiger partial charge is 0.238 e. The first-order chi connectivity index (χ1) is 13.1. The summed E-state index contributed by atoms with van der Waals surface area (Å²) >= 11 is 0. The van der Waals surface area contributed by atoms with Crippen molar-refractivity contribution >= 4 is 17.5 Å². The van der Waals surface area contributed by atoms with Gasteiger partial charge in [-0.15, -0.1) is 0 Å². The number of morpholine rings is 1. The number of hydrogen-bond donors (Lipinski definition) is 1. The summed E-state index contributed by atoms with van der Waals surface area (Å²) in [5, 5.41) is 0. The number of ether oxygens (including phenoxy) is 1. The minimum atomic E-state index is -0.222. The van der Waals surface area contributed by atoms with E-state index >= 15 is 0 Å². The minimum absolute atomic E-state index is 0.0163. The highest BCUT2D eigenvalue weighted by atomic mass is 16.5. The van der Waals surface area contributed by atoms with Crippen LogP contribution < -0.4 is 9.80 Å². The second kappa shape index (κ2) is 7.56. The molecule has 1 aromatic rings. The first kappa shape index (κ1) is 18.4.